The van der Waals surface area contributed by atoms with Crippen LogP contribution < -0.4 is 10.1 Å². The molecule has 0 aromatic heterocycles. The maximum absolute atomic E-state index is 13.8. The van der Waals surface area contributed by atoms with Gasteiger partial charge in [-0.2, -0.15) is 0 Å². The first-order chi connectivity index (χ1) is 10.1. The van der Waals surface area contributed by atoms with E-state index in [-0.39, 0.29) is 5.56 Å². The van der Waals surface area contributed by atoms with Gasteiger partial charge in [0, 0.05) is 17.6 Å². The molecule has 110 valence electrons. The summed E-state index contributed by atoms with van der Waals surface area (Å²) in [5, 5.41) is 2.65. The molecule has 0 unspecified atom stereocenters. The molecule has 2 rings (SSSR count). The van der Waals surface area contributed by atoms with Crippen LogP contribution in [-0.2, 0) is 6.42 Å². The first-order valence-corrected chi connectivity index (χ1v) is 6.97. The van der Waals surface area contributed by atoms with Gasteiger partial charge in [-0.05, 0) is 36.2 Å². The summed E-state index contributed by atoms with van der Waals surface area (Å²) >= 11 is 5.66. The third kappa shape index (κ3) is 3.95. The zero-order chi connectivity index (χ0) is 15.2. The lowest BCUT2D eigenvalue weighted by Gasteiger charge is -2.08. The summed E-state index contributed by atoms with van der Waals surface area (Å²) in [6.07, 6.45) is 0.767. The van der Waals surface area contributed by atoms with E-state index in [0.29, 0.717) is 17.3 Å². The number of methoxy groups -OCH3 is 1. The number of rotatable bonds is 5. The smallest absolute Gasteiger partial charge is 0.258 e. The Morgan fingerprint density at radius 3 is 2.52 bits per heavy atom. The number of anilines is 1. The van der Waals surface area contributed by atoms with Crippen molar-refractivity contribution in [3.63, 3.8) is 0 Å². The van der Waals surface area contributed by atoms with Crippen molar-refractivity contribution in [1.82, 2.24) is 0 Å². The topological polar surface area (TPSA) is 38.3 Å². The van der Waals surface area contributed by atoms with Gasteiger partial charge in [0.2, 0.25) is 0 Å². The number of benzene rings is 2. The maximum atomic E-state index is 13.8. The quantitative estimate of drug-likeness (QED) is 0.852. The second-order valence-corrected chi connectivity index (χ2v) is 4.81. The zero-order valence-corrected chi connectivity index (χ0v) is 12.3. The average molecular weight is 308 g/mol. The normalized spacial score (nSPS) is 10.2. The van der Waals surface area contributed by atoms with Crippen molar-refractivity contribution in [3.05, 3.63) is 59.4 Å². The van der Waals surface area contributed by atoms with Crippen LogP contribution in [0.2, 0.25) is 0 Å². The number of amides is 1. The Balaban J connectivity index is 2.10. The van der Waals surface area contributed by atoms with Crippen LogP contribution in [0.15, 0.2) is 42.5 Å². The van der Waals surface area contributed by atoms with Gasteiger partial charge in [-0.15, -0.1) is 11.6 Å². The Morgan fingerprint density at radius 2 is 1.95 bits per heavy atom. The number of hydrogen-bond donors (Lipinski definition) is 1. The SMILES string of the molecule is COc1ccc(C(=O)Nc2ccc(CCCl)cc2)c(F)c1. The van der Waals surface area contributed by atoms with Crippen LogP contribution in [0.4, 0.5) is 10.1 Å². The molecule has 0 fully saturated rings. The molecule has 21 heavy (non-hydrogen) atoms. The van der Waals surface area contributed by atoms with E-state index in [1.54, 1.807) is 18.2 Å². The lowest BCUT2D eigenvalue weighted by molar-refractivity contribution is 0.102. The minimum atomic E-state index is -0.620. The van der Waals surface area contributed by atoms with Gasteiger partial charge in [0.25, 0.3) is 5.91 Å². The van der Waals surface area contributed by atoms with Crippen LogP contribution in [-0.4, -0.2) is 18.9 Å². The van der Waals surface area contributed by atoms with E-state index in [0.717, 1.165) is 12.0 Å². The third-order valence-corrected chi connectivity index (χ3v) is 3.20. The molecule has 1 N–H and O–H groups in total. The van der Waals surface area contributed by atoms with Crippen molar-refractivity contribution in [2.24, 2.45) is 0 Å². The average Bonchev–Trinajstić information content (AvgIpc) is 2.49. The van der Waals surface area contributed by atoms with E-state index in [9.17, 15) is 9.18 Å². The van der Waals surface area contributed by atoms with Crippen molar-refractivity contribution >= 4 is 23.2 Å². The lowest BCUT2D eigenvalue weighted by Crippen LogP contribution is -2.13. The number of alkyl halides is 1. The van der Waals surface area contributed by atoms with Gasteiger partial charge in [0.15, 0.2) is 0 Å². The molecule has 0 heterocycles. The summed E-state index contributed by atoms with van der Waals surface area (Å²) in [4.78, 5) is 12.0. The van der Waals surface area contributed by atoms with Gasteiger partial charge in [0.1, 0.15) is 11.6 Å². The first-order valence-electron chi connectivity index (χ1n) is 6.44. The van der Waals surface area contributed by atoms with Gasteiger partial charge in [-0.25, -0.2) is 4.39 Å². The highest BCUT2D eigenvalue weighted by Gasteiger charge is 2.12. The summed E-state index contributed by atoms with van der Waals surface area (Å²) in [6, 6.07) is 11.4. The number of carbonyl (C=O) groups is 1. The highest BCUT2D eigenvalue weighted by atomic mass is 35.5. The van der Waals surface area contributed by atoms with Crippen molar-refractivity contribution in [2.45, 2.75) is 6.42 Å². The molecule has 1 amide bonds. The molecule has 0 aliphatic rings. The molecule has 0 aliphatic heterocycles. The molecular formula is C16H15ClFNO2. The Bertz CT molecular complexity index is 629. The summed E-state index contributed by atoms with van der Waals surface area (Å²) < 4.78 is 18.7. The second kappa shape index (κ2) is 7.09. The summed E-state index contributed by atoms with van der Waals surface area (Å²) in [6.45, 7) is 0. The largest absolute Gasteiger partial charge is 0.497 e. The second-order valence-electron chi connectivity index (χ2n) is 4.44. The summed E-state index contributed by atoms with van der Waals surface area (Å²) in [5.74, 6) is -0.205. The molecule has 0 radical (unpaired) electrons. The number of hydrogen-bond acceptors (Lipinski definition) is 2. The van der Waals surface area contributed by atoms with Crippen LogP contribution >= 0.6 is 11.6 Å². The molecule has 3 nitrogen and oxygen atoms in total. The molecule has 0 atom stereocenters. The summed E-state index contributed by atoms with van der Waals surface area (Å²) in [5.41, 5.74) is 1.66. The van der Waals surface area contributed by atoms with E-state index in [1.165, 1.54) is 19.2 Å². The maximum Gasteiger partial charge on any atom is 0.258 e. The predicted octanol–water partition coefficient (Wildman–Crippen LogP) is 3.87. The Labute approximate surface area is 127 Å². The number of halogens is 2. The first kappa shape index (κ1) is 15.3. The molecule has 0 bridgehead atoms. The van der Waals surface area contributed by atoms with Crippen LogP contribution in [0.25, 0.3) is 0 Å². The van der Waals surface area contributed by atoms with Crippen LogP contribution in [0.5, 0.6) is 5.75 Å². The highest BCUT2D eigenvalue weighted by molar-refractivity contribution is 6.18. The van der Waals surface area contributed by atoms with Crippen molar-refractivity contribution < 1.29 is 13.9 Å². The molecule has 0 spiro atoms. The Hall–Kier alpha value is -2.07. The Morgan fingerprint density at radius 1 is 1.24 bits per heavy atom. The summed E-state index contributed by atoms with van der Waals surface area (Å²) in [7, 11) is 1.44. The minimum absolute atomic E-state index is 0.0272. The van der Waals surface area contributed by atoms with E-state index in [1.807, 2.05) is 12.1 Å². The lowest BCUT2D eigenvalue weighted by atomic mass is 10.1. The van der Waals surface area contributed by atoms with Gasteiger partial charge in [0.05, 0.1) is 12.7 Å². The minimum Gasteiger partial charge on any atom is -0.497 e. The van der Waals surface area contributed by atoms with Gasteiger partial charge < -0.3 is 10.1 Å². The molecule has 5 heteroatoms. The molecule has 2 aromatic carbocycles. The van der Waals surface area contributed by atoms with Crippen molar-refractivity contribution in [2.75, 3.05) is 18.3 Å². The molecule has 0 saturated heterocycles. The fraction of sp³-hybridized carbons (Fsp3) is 0.188. The molecular weight excluding hydrogens is 293 g/mol. The van der Waals surface area contributed by atoms with Crippen LogP contribution in [0.1, 0.15) is 15.9 Å². The standard InChI is InChI=1S/C16H15ClFNO2/c1-21-13-6-7-14(15(18)10-13)16(20)19-12-4-2-11(3-5-12)8-9-17/h2-7,10H,8-9H2,1H3,(H,19,20). The van der Waals surface area contributed by atoms with Gasteiger partial charge in [-0.3, -0.25) is 4.79 Å². The fourth-order valence-corrected chi connectivity index (χ4v) is 2.09. The third-order valence-electron chi connectivity index (χ3n) is 3.02. The number of carbonyl (C=O) groups excluding carboxylic acids is 1. The highest BCUT2D eigenvalue weighted by Crippen LogP contribution is 2.18. The van der Waals surface area contributed by atoms with Crippen LogP contribution in [0.3, 0.4) is 0 Å². The molecule has 0 saturated carbocycles. The van der Waals surface area contributed by atoms with E-state index < -0.39 is 11.7 Å². The molecule has 0 aliphatic carbocycles. The van der Waals surface area contributed by atoms with E-state index >= 15 is 0 Å². The van der Waals surface area contributed by atoms with Crippen molar-refractivity contribution in [1.29, 1.82) is 0 Å². The van der Waals surface area contributed by atoms with Gasteiger partial charge >= 0.3 is 0 Å². The fourth-order valence-electron chi connectivity index (χ4n) is 1.87. The number of aryl methyl sites for hydroxylation is 1. The van der Waals surface area contributed by atoms with E-state index in [2.05, 4.69) is 5.32 Å². The van der Waals surface area contributed by atoms with Crippen molar-refractivity contribution in [3.8, 4) is 5.75 Å². The Kier molecular flexibility index (Phi) is 5.17. The van der Waals surface area contributed by atoms with E-state index in [4.69, 9.17) is 16.3 Å². The number of ether oxygens (including phenoxy) is 1. The predicted molar refractivity (Wildman–Crippen MR) is 81.8 cm³/mol. The number of nitrogens with one attached hydrogen (secondary N) is 1. The molecule has 2 aromatic rings. The monoisotopic (exact) mass is 307 g/mol. The van der Waals surface area contributed by atoms with Crippen LogP contribution in [0, 0.1) is 5.82 Å². The van der Waals surface area contributed by atoms with Gasteiger partial charge in [-0.1, -0.05) is 12.1 Å². The zero-order valence-electron chi connectivity index (χ0n) is 11.5.